The zero-order chi connectivity index (χ0) is 2.71. The molecule has 0 aromatic rings. The number of rotatable bonds is 0. The molecule has 0 aromatic carbocycles. The summed E-state index contributed by atoms with van der Waals surface area (Å²) in [5.74, 6) is 0. The van der Waals surface area contributed by atoms with Crippen LogP contribution in [-0.2, 0) is 0 Å². The molecule has 0 radical (unpaired) electrons. The molecule has 2 N–H and O–H groups in total. The Morgan fingerprint density at radius 1 is 1.75 bits per heavy atom. The fraction of sp³-hybridized carbons (Fsp3) is 0.500. The normalized spacial score (nSPS) is 4.50. The average molecular weight is 51.0 g/mol. The van der Waals surface area contributed by atoms with Gasteiger partial charge in [-0.3, -0.25) is 0 Å². The quantitative estimate of drug-likeness (QED) is 0.227. The molecule has 0 aliphatic carbocycles. The third-order valence-corrected chi connectivity index (χ3v) is 0. The maximum atomic E-state index is 4.74. The topological polar surface area (TPSA) is 26.0 Å². The molecule has 20 valence electrons. The summed E-state index contributed by atoms with van der Waals surface area (Å²) in [6, 6.07) is 0. The van der Waals surface area contributed by atoms with Gasteiger partial charge >= 0.3 is 18.9 Å². The Labute approximate surface area is 38.7 Å². The van der Waals surface area contributed by atoms with Crippen molar-refractivity contribution in [2.75, 3.05) is 6.54 Å². The van der Waals surface area contributed by atoms with Gasteiger partial charge < -0.3 is 12.7 Å². The van der Waals surface area contributed by atoms with Crippen LogP contribution in [0.1, 0.15) is 0 Å². The second-order valence-corrected chi connectivity index (χ2v) is 0.289. The molecule has 0 unspecified atom stereocenters. The minimum absolute atomic E-state index is 0. The molecule has 0 aromatic heterocycles. The van der Waals surface area contributed by atoms with Gasteiger partial charge in [-0.15, -0.1) is 6.54 Å². The molecule has 4 heavy (non-hydrogen) atoms. The molecule has 0 saturated carbocycles. The van der Waals surface area contributed by atoms with Crippen LogP contribution in [0.15, 0.2) is 0 Å². The summed E-state index contributed by atoms with van der Waals surface area (Å²) in [4.78, 5) is 0. The minimum Gasteiger partial charge on any atom is -0.360 e. The van der Waals surface area contributed by atoms with E-state index in [1.165, 1.54) is 0 Å². The molecule has 0 fully saturated rings. The molecule has 0 spiro atoms. The Morgan fingerprint density at radius 2 is 1.75 bits per heavy atom. The van der Waals surface area contributed by atoms with Gasteiger partial charge in [0.15, 0.2) is 0 Å². The van der Waals surface area contributed by atoms with Gasteiger partial charge in [0.2, 0.25) is 0 Å². The van der Waals surface area contributed by atoms with Crippen molar-refractivity contribution >= 4 is 0 Å². The van der Waals surface area contributed by atoms with E-state index in [4.69, 9.17) is 5.73 Å². The van der Waals surface area contributed by atoms with Crippen LogP contribution in [0.2, 0.25) is 0 Å². The average Bonchev–Trinajstić information content (AvgIpc) is 0.918. The Hall–Kier alpha value is 0.557. The van der Waals surface area contributed by atoms with Gasteiger partial charge in [-0.2, -0.15) is 0 Å². The van der Waals surface area contributed by atoms with Crippen LogP contribution in [0.5, 0.6) is 0 Å². The van der Waals surface area contributed by atoms with Crippen molar-refractivity contribution in [2.24, 2.45) is 5.73 Å². The van der Waals surface area contributed by atoms with Gasteiger partial charge in [-0.1, -0.05) is 0 Å². The van der Waals surface area contributed by atoms with Gasteiger partial charge in [0, 0.05) is 0 Å². The second kappa shape index (κ2) is 9.59. The van der Waals surface area contributed by atoms with E-state index in [0.717, 1.165) is 0 Å². The maximum Gasteiger partial charge on any atom is 1.00 e. The van der Waals surface area contributed by atoms with Gasteiger partial charge in [-0.05, 0) is 0 Å². The first-order chi connectivity index (χ1) is 1.41. The SMILES string of the molecule is [CH2-]CN.[Li+]. The predicted molar refractivity (Wildman–Crippen MR) is 14.4 cm³/mol. The van der Waals surface area contributed by atoms with Crippen molar-refractivity contribution in [1.82, 2.24) is 0 Å². The number of hydrogen-bond donors (Lipinski definition) is 1. The number of nitrogens with two attached hydrogens (primary N) is 1. The van der Waals surface area contributed by atoms with Crippen molar-refractivity contribution in [3.8, 4) is 0 Å². The van der Waals surface area contributed by atoms with Crippen molar-refractivity contribution in [3.05, 3.63) is 6.92 Å². The van der Waals surface area contributed by atoms with Gasteiger partial charge in [0.25, 0.3) is 0 Å². The van der Waals surface area contributed by atoms with E-state index in [-0.39, 0.29) is 18.9 Å². The second-order valence-electron chi connectivity index (χ2n) is 0.289. The van der Waals surface area contributed by atoms with E-state index < -0.39 is 0 Å². The maximum absolute atomic E-state index is 4.74. The van der Waals surface area contributed by atoms with Crippen molar-refractivity contribution in [3.63, 3.8) is 0 Å². The molecule has 0 aliphatic heterocycles. The zero-order valence-corrected chi connectivity index (χ0v) is 2.99. The summed E-state index contributed by atoms with van der Waals surface area (Å²) in [6.45, 7) is 3.76. The fourth-order valence-corrected chi connectivity index (χ4v) is 0. The summed E-state index contributed by atoms with van der Waals surface area (Å²) in [5, 5.41) is 0. The monoisotopic (exact) mass is 51.1 g/mol. The molecular formula is C2H6LiN. The van der Waals surface area contributed by atoms with E-state index in [9.17, 15) is 0 Å². The Balaban J connectivity index is 0. The molecular weight excluding hydrogens is 45.0 g/mol. The molecule has 0 rings (SSSR count). The first-order valence-electron chi connectivity index (χ1n) is 0.908. The molecule has 0 saturated heterocycles. The standard InChI is InChI=1S/C2H6N.Li/c1-2-3;/h1-3H2;/q-1;+1. The molecule has 1 nitrogen and oxygen atoms in total. The van der Waals surface area contributed by atoms with Crippen LogP contribution >= 0.6 is 0 Å². The van der Waals surface area contributed by atoms with Crippen LogP contribution < -0.4 is 24.6 Å². The zero-order valence-electron chi connectivity index (χ0n) is 2.99. The first-order valence-corrected chi connectivity index (χ1v) is 0.908. The summed E-state index contributed by atoms with van der Waals surface area (Å²) < 4.78 is 0. The predicted octanol–water partition coefficient (Wildman–Crippen LogP) is -3.22. The Morgan fingerprint density at radius 3 is 1.75 bits per heavy atom. The third kappa shape index (κ3) is 20.0. The van der Waals surface area contributed by atoms with E-state index in [0.29, 0.717) is 6.54 Å². The van der Waals surface area contributed by atoms with Crippen molar-refractivity contribution in [2.45, 2.75) is 0 Å². The Bertz CT molecular complexity index is 6.00. The third-order valence-electron chi connectivity index (χ3n) is 0. The molecule has 2 heteroatoms. The molecule has 0 aliphatic rings. The summed E-state index contributed by atoms with van der Waals surface area (Å²) in [5.41, 5.74) is 4.74. The first kappa shape index (κ1) is 8.82. The van der Waals surface area contributed by atoms with Crippen LogP contribution in [0.3, 0.4) is 0 Å². The van der Waals surface area contributed by atoms with Crippen molar-refractivity contribution < 1.29 is 18.9 Å². The number of hydrogen-bond acceptors (Lipinski definition) is 1. The molecule has 0 amide bonds. The Kier molecular flexibility index (Phi) is 21.1. The van der Waals surface area contributed by atoms with Crippen molar-refractivity contribution in [1.29, 1.82) is 0 Å². The van der Waals surface area contributed by atoms with Gasteiger partial charge in [0.05, 0.1) is 0 Å². The van der Waals surface area contributed by atoms with Gasteiger partial charge in [0.1, 0.15) is 0 Å². The van der Waals surface area contributed by atoms with Gasteiger partial charge in [-0.25, -0.2) is 0 Å². The largest absolute Gasteiger partial charge is 1.00 e. The minimum atomic E-state index is 0. The molecule has 0 atom stereocenters. The summed E-state index contributed by atoms with van der Waals surface area (Å²) in [6.07, 6.45) is 0. The van der Waals surface area contributed by atoms with E-state index in [2.05, 4.69) is 6.92 Å². The van der Waals surface area contributed by atoms with E-state index in [1.54, 1.807) is 0 Å². The summed E-state index contributed by atoms with van der Waals surface area (Å²) >= 11 is 0. The van der Waals surface area contributed by atoms with Crippen LogP contribution in [0.4, 0.5) is 0 Å². The van der Waals surface area contributed by atoms with E-state index in [1.807, 2.05) is 0 Å². The van der Waals surface area contributed by atoms with E-state index >= 15 is 0 Å². The smallest absolute Gasteiger partial charge is 0.360 e. The molecule has 0 bridgehead atoms. The fourth-order valence-electron chi connectivity index (χ4n) is 0. The van der Waals surface area contributed by atoms with Crippen LogP contribution in [0, 0.1) is 6.92 Å². The van der Waals surface area contributed by atoms with Crippen LogP contribution in [-0.4, -0.2) is 6.54 Å². The summed E-state index contributed by atoms with van der Waals surface area (Å²) in [7, 11) is 0. The van der Waals surface area contributed by atoms with Crippen LogP contribution in [0.25, 0.3) is 0 Å². The molecule has 0 heterocycles.